The minimum atomic E-state index is 0.0555. The Hall–Kier alpha value is -1.16. The van der Waals surface area contributed by atoms with E-state index in [1.165, 1.54) is 0 Å². The summed E-state index contributed by atoms with van der Waals surface area (Å²) in [5, 5.41) is 0. The second-order valence-electron chi connectivity index (χ2n) is 3.78. The predicted molar refractivity (Wildman–Crippen MR) is 54.3 cm³/mol. The van der Waals surface area contributed by atoms with Crippen LogP contribution in [-0.4, -0.2) is 28.5 Å². The van der Waals surface area contributed by atoms with Crippen molar-refractivity contribution in [1.82, 2.24) is 14.9 Å². The summed E-state index contributed by atoms with van der Waals surface area (Å²) >= 11 is 0. The molecular weight excluding hydrogens is 178 g/mol. The maximum atomic E-state index is 11.6. The average Bonchev–Trinajstić information content (AvgIpc) is 2.16. The van der Waals surface area contributed by atoms with Crippen LogP contribution in [0.3, 0.4) is 0 Å². The maximum Gasteiger partial charge on any atom is 0.254 e. The third-order valence-corrected chi connectivity index (χ3v) is 2.65. The number of aromatic nitrogens is 2. The first-order chi connectivity index (χ1) is 6.70. The first-order valence-electron chi connectivity index (χ1n) is 5.00. The number of aromatic amines is 1. The fraction of sp³-hybridized carbons (Fsp3) is 0.600. The van der Waals surface area contributed by atoms with E-state index in [4.69, 9.17) is 0 Å². The summed E-state index contributed by atoms with van der Waals surface area (Å²) in [4.78, 5) is 21.1. The van der Waals surface area contributed by atoms with Crippen molar-refractivity contribution in [2.45, 2.75) is 26.3 Å². The van der Waals surface area contributed by atoms with Crippen LogP contribution in [0.4, 0.5) is 0 Å². The number of H-pyrrole nitrogens is 1. The Morgan fingerprint density at radius 1 is 1.57 bits per heavy atom. The highest BCUT2D eigenvalue weighted by molar-refractivity contribution is 5.20. The molecule has 0 aromatic carbocycles. The van der Waals surface area contributed by atoms with Crippen LogP contribution in [0, 0.1) is 0 Å². The van der Waals surface area contributed by atoms with Crippen molar-refractivity contribution in [3.05, 3.63) is 27.4 Å². The summed E-state index contributed by atoms with van der Waals surface area (Å²) in [7, 11) is 2.05. The Morgan fingerprint density at radius 3 is 3.07 bits per heavy atom. The minimum absolute atomic E-state index is 0.0555. The van der Waals surface area contributed by atoms with Crippen LogP contribution in [0.1, 0.15) is 24.0 Å². The zero-order valence-electron chi connectivity index (χ0n) is 8.63. The van der Waals surface area contributed by atoms with Gasteiger partial charge in [0.1, 0.15) is 5.82 Å². The molecule has 0 unspecified atom stereocenters. The van der Waals surface area contributed by atoms with E-state index in [1.54, 1.807) is 0 Å². The van der Waals surface area contributed by atoms with Gasteiger partial charge >= 0.3 is 0 Å². The van der Waals surface area contributed by atoms with Gasteiger partial charge in [-0.2, -0.15) is 0 Å². The van der Waals surface area contributed by atoms with Crippen LogP contribution < -0.4 is 5.56 Å². The lowest BCUT2D eigenvalue weighted by molar-refractivity contribution is 0.305. The molecule has 0 amide bonds. The summed E-state index contributed by atoms with van der Waals surface area (Å²) in [5.74, 6) is 0.795. The van der Waals surface area contributed by atoms with Gasteiger partial charge in [-0.25, -0.2) is 4.98 Å². The molecule has 0 spiro atoms. The van der Waals surface area contributed by atoms with Crippen molar-refractivity contribution in [3.63, 3.8) is 0 Å². The van der Waals surface area contributed by atoms with Crippen LogP contribution >= 0.6 is 0 Å². The molecule has 1 N–H and O–H groups in total. The van der Waals surface area contributed by atoms with Gasteiger partial charge in [0.15, 0.2) is 0 Å². The van der Waals surface area contributed by atoms with Crippen molar-refractivity contribution in [2.24, 2.45) is 0 Å². The topological polar surface area (TPSA) is 49.0 Å². The molecule has 1 aromatic rings. The highest BCUT2D eigenvalue weighted by Gasteiger charge is 2.17. The number of fused-ring (bicyclic) bond motifs is 1. The molecule has 0 atom stereocenters. The Kier molecular flexibility index (Phi) is 2.37. The van der Waals surface area contributed by atoms with Gasteiger partial charge in [-0.05, 0) is 13.5 Å². The fourth-order valence-electron chi connectivity index (χ4n) is 1.79. The van der Waals surface area contributed by atoms with Crippen molar-refractivity contribution in [1.29, 1.82) is 0 Å². The maximum absolute atomic E-state index is 11.6. The molecule has 2 rings (SSSR count). The van der Waals surface area contributed by atoms with E-state index >= 15 is 0 Å². The second-order valence-corrected chi connectivity index (χ2v) is 3.78. The van der Waals surface area contributed by atoms with Gasteiger partial charge < -0.3 is 9.88 Å². The van der Waals surface area contributed by atoms with Crippen LogP contribution in [0.5, 0.6) is 0 Å². The van der Waals surface area contributed by atoms with Gasteiger partial charge in [0.05, 0.1) is 5.69 Å². The smallest absolute Gasteiger partial charge is 0.254 e. The Labute approximate surface area is 83.0 Å². The van der Waals surface area contributed by atoms with Gasteiger partial charge in [-0.15, -0.1) is 0 Å². The lowest BCUT2D eigenvalue weighted by Crippen LogP contribution is -2.33. The first-order valence-corrected chi connectivity index (χ1v) is 5.00. The predicted octanol–water partition coefficient (Wildman–Crippen LogP) is 0.320. The molecule has 2 heterocycles. The molecule has 0 saturated carbocycles. The van der Waals surface area contributed by atoms with Crippen LogP contribution in [0.15, 0.2) is 4.79 Å². The van der Waals surface area contributed by atoms with Crippen LogP contribution in [0.2, 0.25) is 0 Å². The van der Waals surface area contributed by atoms with Gasteiger partial charge in [0.2, 0.25) is 0 Å². The molecule has 4 heteroatoms. The van der Waals surface area contributed by atoms with E-state index in [-0.39, 0.29) is 5.56 Å². The number of nitrogens with zero attached hydrogens (tertiary/aromatic N) is 2. The van der Waals surface area contributed by atoms with Crippen LogP contribution in [0.25, 0.3) is 0 Å². The second kappa shape index (κ2) is 3.53. The molecule has 14 heavy (non-hydrogen) atoms. The number of hydrogen-bond donors (Lipinski definition) is 1. The summed E-state index contributed by atoms with van der Waals surface area (Å²) in [6.45, 7) is 3.74. The first kappa shape index (κ1) is 9.40. The number of aryl methyl sites for hydroxylation is 1. The molecule has 1 aliphatic rings. The number of rotatable bonds is 1. The molecule has 1 aliphatic heterocycles. The summed E-state index contributed by atoms with van der Waals surface area (Å²) < 4.78 is 0. The van der Waals surface area contributed by atoms with Crippen LogP contribution in [-0.2, 0) is 19.4 Å². The van der Waals surface area contributed by atoms with Gasteiger partial charge in [0.25, 0.3) is 5.56 Å². The van der Waals surface area contributed by atoms with Crippen molar-refractivity contribution < 1.29 is 0 Å². The summed E-state index contributed by atoms with van der Waals surface area (Å²) in [5.41, 5.74) is 1.89. The molecule has 76 valence electrons. The SMILES string of the molecule is CCc1nc2c(c(=O)[nH]1)CCN(C)C2. The highest BCUT2D eigenvalue weighted by Crippen LogP contribution is 2.11. The largest absolute Gasteiger partial charge is 0.310 e. The Morgan fingerprint density at radius 2 is 2.36 bits per heavy atom. The number of hydrogen-bond acceptors (Lipinski definition) is 3. The number of nitrogens with one attached hydrogen (secondary N) is 1. The summed E-state index contributed by atoms with van der Waals surface area (Å²) in [6, 6.07) is 0. The third-order valence-electron chi connectivity index (χ3n) is 2.65. The fourth-order valence-corrected chi connectivity index (χ4v) is 1.79. The lowest BCUT2D eigenvalue weighted by atomic mass is 10.1. The molecule has 1 aromatic heterocycles. The standard InChI is InChI=1S/C10H15N3O/c1-3-9-11-8-6-13(2)5-4-7(8)10(14)12-9/h3-6H2,1-2H3,(H,11,12,14). The molecule has 0 fully saturated rings. The molecular formula is C10H15N3O. The third kappa shape index (κ3) is 1.57. The van der Waals surface area contributed by atoms with Crippen molar-refractivity contribution >= 4 is 0 Å². The molecule has 0 radical (unpaired) electrons. The zero-order valence-corrected chi connectivity index (χ0v) is 8.63. The Balaban J connectivity index is 2.49. The molecule has 0 bridgehead atoms. The van der Waals surface area contributed by atoms with Gasteiger partial charge in [-0.3, -0.25) is 4.79 Å². The van der Waals surface area contributed by atoms with Crippen molar-refractivity contribution in [2.75, 3.05) is 13.6 Å². The van der Waals surface area contributed by atoms with E-state index < -0.39 is 0 Å². The van der Waals surface area contributed by atoms with E-state index in [2.05, 4.69) is 21.9 Å². The van der Waals surface area contributed by atoms with E-state index in [9.17, 15) is 4.79 Å². The van der Waals surface area contributed by atoms with E-state index in [0.29, 0.717) is 0 Å². The lowest BCUT2D eigenvalue weighted by Gasteiger charge is -2.23. The molecule has 4 nitrogen and oxygen atoms in total. The van der Waals surface area contributed by atoms with E-state index in [1.807, 2.05) is 6.92 Å². The van der Waals surface area contributed by atoms with Gasteiger partial charge in [0, 0.05) is 25.1 Å². The zero-order chi connectivity index (χ0) is 10.1. The van der Waals surface area contributed by atoms with Crippen molar-refractivity contribution in [3.8, 4) is 0 Å². The normalized spacial score (nSPS) is 16.7. The molecule has 0 aliphatic carbocycles. The van der Waals surface area contributed by atoms with Gasteiger partial charge in [-0.1, -0.05) is 6.92 Å². The van der Waals surface area contributed by atoms with E-state index in [0.717, 1.165) is 43.0 Å². The summed E-state index contributed by atoms with van der Waals surface area (Å²) in [6.07, 6.45) is 1.60. The Bertz CT molecular complexity index is 397. The molecule has 0 saturated heterocycles. The average molecular weight is 193 g/mol. The minimum Gasteiger partial charge on any atom is -0.310 e. The number of likely N-dealkylation sites (N-methyl/N-ethyl adjacent to an activating group) is 1. The quantitative estimate of drug-likeness (QED) is 0.698. The monoisotopic (exact) mass is 193 g/mol. The highest BCUT2D eigenvalue weighted by atomic mass is 16.1.